The number of hydrogen-bond acceptors (Lipinski definition) is 2. The Morgan fingerprint density at radius 2 is 2.31 bits per heavy atom. The van der Waals surface area contributed by atoms with E-state index in [4.69, 9.17) is 4.74 Å². The van der Waals surface area contributed by atoms with Crippen LogP contribution in [-0.2, 0) is 4.74 Å². The largest absolute Gasteiger partial charge is 0.390 e. The molecule has 0 unspecified atom stereocenters. The summed E-state index contributed by atoms with van der Waals surface area (Å²) in [6.07, 6.45) is 4.61. The maximum absolute atomic E-state index is 9.67. The molecule has 0 amide bonds. The van der Waals surface area contributed by atoms with Gasteiger partial charge < -0.3 is 9.84 Å². The summed E-state index contributed by atoms with van der Waals surface area (Å²) in [4.78, 5) is 0. The molecular weight excluding hydrogens is 164 g/mol. The summed E-state index contributed by atoms with van der Waals surface area (Å²) in [6, 6.07) is 0. The smallest absolute Gasteiger partial charge is 0.0916 e. The molecule has 2 nitrogen and oxygen atoms in total. The number of rotatable bonds is 3. The molecule has 1 N–H and O–H groups in total. The first-order valence-corrected chi connectivity index (χ1v) is 5.00. The third-order valence-corrected chi connectivity index (χ3v) is 2.72. The SMILES string of the molecule is CC(C)=CCC[C@@]1(C)OCC[C@@H]1O. The Labute approximate surface area is 80.6 Å². The van der Waals surface area contributed by atoms with E-state index in [1.807, 2.05) is 6.92 Å². The van der Waals surface area contributed by atoms with E-state index in [0.717, 1.165) is 19.3 Å². The first kappa shape index (κ1) is 10.7. The molecule has 0 aliphatic carbocycles. The molecule has 0 saturated carbocycles. The summed E-state index contributed by atoms with van der Waals surface area (Å²) in [5.74, 6) is 0. The number of aliphatic hydroxyl groups is 1. The van der Waals surface area contributed by atoms with Gasteiger partial charge in [-0.25, -0.2) is 0 Å². The van der Waals surface area contributed by atoms with E-state index >= 15 is 0 Å². The van der Waals surface area contributed by atoms with Crippen LogP contribution in [0.4, 0.5) is 0 Å². The molecule has 2 atom stereocenters. The maximum Gasteiger partial charge on any atom is 0.0916 e. The standard InChI is InChI=1S/C11H20O2/c1-9(2)5-4-7-11(3)10(12)6-8-13-11/h5,10,12H,4,6-8H2,1-3H3/t10-,11+/m0/s1. The summed E-state index contributed by atoms with van der Waals surface area (Å²) in [7, 11) is 0. The average Bonchev–Trinajstić information content (AvgIpc) is 2.32. The quantitative estimate of drug-likeness (QED) is 0.682. The predicted octanol–water partition coefficient (Wildman–Crippen LogP) is 2.27. The van der Waals surface area contributed by atoms with Crippen LogP contribution in [0.25, 0.3) is 0 Å². The fourth-order valence-electron chi connectivity index (χ4n) is 1.69. The lowest BCUT2D eigenvalue weighted by atomic mass is 9.93. The number of ether oxygens (including phenoxy) is 1. The second-order valence-electron chi connectivity index (χ2n) is 4.29. The monoisotopic (exact) mass is 184 g/mol. The van der Waals surface area contributed by atoms with E-state index in [1.54, 1.807) is 0 Å². The molecule has 0 aromatic heterocycles. The van der Waals surface area contributed by atoms with Crippen molar-refractivity contribution in [3.05, 3.63) is 11.6 Å². The Hall–Kier alpha value is -0.340. The molecule has 1 saturated heterocycles. The lowest BCUT2D eigenvalue weighted by molar-refractivity contribution is -0.0484. The van der Waals surface area contributed by atoms with E-state index in [9.17, 15) is 5.11 Å². The summed E-state index contributed by atoms with van der Waals surface area (Å²) in [5, 5.41) is 9.67. The molecule has 0 aromatic rings. The topological polar surface area (TPSA) is 29.5 Å². The minimum atomic E-state index is -0.300. The third-order valence-electron chi connectivity index (χ3n) is 2.72. The van der Waals surface area contributed by atoms with Crippen LogP contribution in [-0.4, -0.2) is 23.4 Å². The molecule has 0 spiro atoms. The van der Waals surface area contributed by atoms with Crippen molar-refractivity contribution >= 4 is 0 Å². The lowest BCUT2D eigenvalue weighted by Gasteiger charge is -2.26. The van der Waals surface area contributed by atoms with Gasteiger partial charge in [-0.1, -0.05) is 11.6 Å². The summed E-state index contributed by atoms with van der Waals surface area (Å²) in [5.41, 5.74) is 1.03. The van der Waals surface area contributed by atoms with Crippen molar-refractivity contribution < 1.29 is 9.84 Å². The zero-order valence-corrected chi connectivity index (χ0v) is 8.84. The molecule has 2 heteroatoms. The van der Waals surface area contributed by atoms with Crippen LogP contribution in [0.15, 0.2) is 11.6 Å². The lowest BCUT2D eigenvalue weighted by Crippen LogP contribution is -2.35. The predicted molar refractivity (Wildman–Crippen MR) is 53.6 cm³/mol. The molecule has 1 aliphatic rings. The minimum absolute atomic E-state index is 0.280. The van der Waals surface area contributed by atoms with E-state index in [2.05, 4.69) is 19.9 Å². The second kappa shape index (κ2) is 4.25. The van der Waals surface area contributed by atoms with Gasteiger partial charge in [0.1, 0.15) is 0 Å². The second-order valence-corrected chi connectivity index (χ2v) is 4.29. The van der Waals surface area contributed by atoms with Gasteiger partial charge in [0.15, 0.2) is 0 Å². The molecule has 0 radical (unpaired) electrons. The highest BCUT2D eigenvalue weighted by Crippen LogP contribution is 2.30. The van der Waals surface area contributed by atoms with Crippen LogP contribution in [0.3, 0.4) is 0 Å². The Morgan fingerprint density at radius 3 is 2.77 bits per heavy atom. The molecule has 1 aliphatic heterocycles. The van der Waals surface area contributed by atoms with Crippen LogP contribution in [0, 0.1) is 0 Å². The maximum atomic E-state index is 9.67. The molecule has 1 rings (SSSR count). The minimum Gasteiger partial charge on any atom is -0.390 e. The van der Waals surface area contributed by atoms with Gasteiger partial charge in [0, 0.05) is 0 Å². The van der Waals surface area contributed by atoms with Gasteiger partial charge in [-0.05, 0) is 40.0 Å². The van der Waals surface area contributed by atoms with Gasteiger partial charge >= 0.3 is 0 Å². The van der Waals surface area contributed by atoms with E-state index in [-0.39, 0.29) is 11.7 Å². The van der Waals surface area contributed by atoms with Gasteiger partial charge in [0.25, 0.3) is 0 Å². The first-order chi connectivity index (χ1) is 6.04. The van der Waals surface area contributed by atoms with Crippen molar-refractivity contribution in [2.24, 2.45) is 0 Å². The van der Waals surface area contributed by atoms with Crippen LogP contribution in [0.5, 0.6) is 0 Å². The van der Waals surface area contributed by atoms with Crippen molar-refractivity contribution in [3.63, 3.8) is 0 Å². The summed E-state index contributed by atoms with van der Waals surface area (Å²) >= 11 is 0. The molecule has 0 aromatic carbocycles. The highest BCUT2D eigenvalue weighted by molar-refractivity contribution is 4.96. The van der Waals surface area contributed by atoms with Crippen molar-refractivity contribution in [2.75, 3.05) is 6.61 Å². The fourth-order valence-corrected chi connectivity index (χ4v) is 1.69. The Morgan fingerprint density at radius 1 is 1.62 bits per heavy atom. The zero-order chi connectivity index (χ0) is 9.90. The Kier molecular flexibility index (Phi) is 3.51. The van der Waals surface area contributed by atoms with Gasteiger partial charge in [-0.15, -0.1) is 0 Å². The highest BCUT2D eigenvalue weighted by Gasteiger charge is 2.37. The normalized spacial score (nSPS) is 33.4. The number of allylic oxidation sites excluding steroid dienone is 2. The van der Waals surface area contributed by atoms with Crippen LogP contribution in [0.1, 0.15) is 40.0 Å². The van der Waals surface area contributed by atoms with Crippen molar-refractivity contribution in [3.8, 4) is 0 Å². The van der Waals surface area contributed by atoms with Crippen LogP contribution < -0.4 is 0 Å². The van der Waals surface area contributed by atoms with E-state index < -0.39 is 0 Å². The van der Waals surface area contributed by atoms with Crippen LogP contribution in [0.2, 0.25) is 0 Å². The van der Waals surface area contributed by atoms with Gasteiger partial charge in [0.2, 0.25) is 0 Å². The van der Waals surface area contributed by atoms with E-state index in [1.165, 1.54) is 5.57 Å². The van der Waals surface area contributed by atoms with Crippen molar-refractivity contribution in [1.29, 1.82) is 0 Å². The number of aliphatic hydroxyl groups excluding tert-OH is 1. The van der Waals surface area contributed by atoms with Gasteiger partial charge in [-0.2, -0.15) is 0 Å². The molecule has 0 bridgehead atoms. The first-order valence-electron chi connectivity index (χ1n) is 5.00. The Balaban J connectivity index is 2.39. The molecule has 1 heterocycles. The van der Waals surface area contributed by atoms with Crippen LogP contribution >= 0.6 is 0 Å². The molecule has 1 fully saturated rings. The van der Waals surface area contributed by atoms with Crippen molar-refractivity contribution in [1.82, 2.24) is 0 Å². The summed E-state index contributed by atoms with van der Waals surface area (Å²) in [6.45, 7) is 6.89. The fraction of sp³-hybridized carbons (Fsp3) is 0.818. The Bertz CT molecular complexity index is 194. The van der Waals surface area contributed by atoms with Crippen molar-refractivity contribution in [2.45, 2.75) is 51.7 Å². The zero-order valence-electron chi connectivity index (χ0n) is 8.84. The van der Waals surface area contributed by atoms with Gasteiger partial charge in [0.05, 0.1) is 18.3 Å². The van der Waals surface area contributed by atoms with E-state index in [0.29, 0.717) is 6.61 Å². The average molecular weight is 184 g/mol. The number of hydrogen-bond donors (Lipinski definition) is 1. The highest BCUT2D eigenvalue weighted by atomic mass is 16.5. The molecule has 76 valence electrons. The van der Waals surface area contributed by atoms with Gasteiger partial charge in [-0.3, -0.25) is 0 Å². The molecular formula is C11H20O2. The molecule has 13 heavy (non-hydrogen) atoms. The third kappa shape index (κ3) is 2.82. The summed E-state index contributed by atoms with van der Waals surface area (Å²) < 4.78 is 5.56.